The fraction of sp³-hybridized carbons (Fsp3) is 0.333. The van der Waals surface area contributed by atoms with Crippen LogP contribution in [0, 0.1) is 45.6 Å². The predicted octanol–water partition coefficient (Wildman–Crippen LogP) is 5.28. The van der Waals surface area contributed by atoms with Crippen molar-refractivity contribution in [2.75, 3.05) is 16.8 Å². The molecule has 4 heteroatoms. The number of rotatable bonds is 1. The first-order valence-corrected chi connectivity index (χ1v) is 8.36. The van der Waals surface area contributed by atoms with Crippen molar-refractivity contribution in [3.05, 3.63) is 57.4 Å². The summed E-state index contributed by atoms with van der Waals surface area (Å²) < 4.78 is 0. The molecule has 1 atom stereocenters. The van der Waals surface area contributed by atoms with Crippen molar-refractivity contribution in [1.29, 1.82) is 5.26 Å². The van der Waals surface area contributed by atoms with Gasteiger partial charge in [0.15, 0.2) is 5.69 Å². The lowest BCUT2D eigenvalue weighted by molar-refractivity contribution is 0.731. The van der Waals surface area contributed by atoms with Crippen LogP contribution in [-0.4, -0.2) is 13.2 Å². The van der Waals surface area contributed by atoms with Gasteiger partial charge in [-0.3, -0.25) is 0 Å². The van der Waals surface area contributed by atoms with Crippen LogP contribution < -0.4 is 9.80 Å². The maximum atomic E-state index is 9.56. The van der Waals surface area contributed by atoms with Crippen LogP contribution in [0.15, 0.2) is 18.2 Å². The number of nitrogens with zero attached hydrogens (tertiary/aromatic N) is 4. The van der Waals surface area contributed by atoms with E-state index >= 15 is 0 Å². The Labute approximate surface area is 149 Å². The van der Waals surface area contributed by atoms with E-state index in [-0.39, 0.29) is 6.17 Å². The van der Waals surface area contributed by atoms with Gasteiger partial charge in [0, 0.05) is 12.7 Å². The van der Waals surface area contributed by atoms with Gasteiger partial charge in [-0.1, -0.05) is 0 Å². The summed E-state index contributed by atoms with van der Waals surface area (Å²) >= 11 is 0. The van der Waals surface area contributed by atoms with E-state index in [1.54, 1.807) is 6.07 Å². The zero-order valence-corrected chi connectivity index (χ0v) is 15.6. The van der Waals surface area contributed by atoms with Gasteiger partial charge < -0.3 is 9.80 Å². The molecule has 0 N–H and O–H groups in total. The molecular weight excluding hydrogens is 308 g/mol. The lowest BCUT2D eigenvalue weighted by Gasteiger charge is -2.30. The standard InChI is InChI=1S/C21H22N4/c1-12-8-19(15(4)14(3)13(12)2)25-16(5)24(7)21-17(11-22)9-18(23-6)10-20(21)25/h8-10,16H,1-5,7H3/t16-/m0/s1. The van der Waals surface area contributed by atoms with Crippen molar-refractivity contribution >= 4 is 22.7 Å². The van der Waals surface area contributed by atoms with E-state index in [0.717, 1.165) is 17.1 Å². The minimum atomic E-state index is 0.0725. The smallest absolute Gasteiger partial charge is 0.190 e. The molecule has 2 aromatic rings. The monoisotopic (exact) mass is 330 g/mol. The van der Waals surface area contributed by atoms with Crippen LogP contribution >= 0.6 is 0 Å². The van der Waals surface area contributed by atoms with E-state index in [2.05, 4.69) is 61.4 Å². The van der Waals surface area contributed by atoms with E-state index in [1.165, 1.54) is 22.3 Å². The molecule has 0 saturated heterocycles. The van der Waals surface area contributed by atoms with Crippen molar-refractivity contribution in [2.24, 2.45) is 0 Å². The third kappa shape index (κ3) is 2.34. The van der Waals surface area contributed by atoms with Gasteiger partial charge in [0.25, 0.3) is 0 Å². The predicted molar refractivity (Wildman–Crippen MR) is 103 cm³/mol. The third-order valence-corrected chi connectivity index (χ3v) is 5.58. The average Bonchev–Trinajstić information content (AvgIpc) is 2.86. The van der Waals surface area contributed by atoms with E-state index in [4.69, 9.17) is 6.57 Å². The second-order valence-corrected chi connectivity index (χ2v) is 6.79. The van der Waals surface area contributed by atoms with Crippen molar-refractivity contribution in [2.45, 2.75) is 40.8 Å². The van der Waals surface area contributed by atoms with Crippen molar-refractivity contribution < 1.29 is 0 Å². The number of fused-ring (bicyclic) bond motifs is 1. The van der Waals surface area contributed by atoms with Crippen LogP contribution in [0.25, 0.3) is 4.85 Å². The highest BCUT2D eigenvalue weighted by Gasteiger charge is 2.35. The van der Waals surface area contributed by atoms with Crippen LogP contribution in [0.2, 0.25) is 0 Å². The van der Waals surface area contributed by atoms with Gasteiger partial charge in [-0.15, -0.1) is 0 Å². The summed E-state index contributed by atoms with van der Waals surface area (Å²) in [5.74, 6) is 0. The Hall–Kier alpha value is -2.98. The third-order valence-electron chi connectivity index (χ3n) is 5.58. The van der Waals surface area contributed by atoms with Crippen LogP contribution in [-0.2, 0) is 0 Å². The molecule has 0 radical (unpaired) electrons. The number of nitriles is 1. The minimum absolute atomic E-state index is 0.0725. The van der Waals surface area contributed by atoms with Crippen LogP contribution in [0.1, 0.15) is 34.7 Å². The SMILES string of the molecule is [C-]#[N+]c1cc(C#N)c2c(c1)N(c1cc(C)c(C)c(C)c1C)[C@@H](C)N2C. The summed E-state index contributed by atoms with van der Waals surface area (Å²) in [5, 5.41) is 9.56. The van der Waals surface area contributed by atoms with Crippen molar-refractivity contribution in [3.63, 3.8) is 0 Å². The molecule has 0 aliphatic carbocycles. The molecule has 1 heterocycles. The first-order valence-electron chi connectivity index (χ1n) is 8.36. The Bertz CT molecular complexity index is 960. The topological polar surface area (TPSA) is 34.6 Å². The zero-order chi connectivity index (χ0) is 18.5. The first kappa shape index (κ1) is 16.9. The van der Waals surface area contributed by atoms with E-state index in [1.807, 2.05) is 13.1 Å². The first-order chi connectivity index (χ1) is 11.8. The molecule has 0 saturated carbocycles. The van der Waals surface area contributed by atoms with E-state index < -0.39 is 0 Å². The van der Waals surface area contributed by atoms with Gasteiger partial charge in [-0.2, -0.15) is 5.26 Å². The normalized spacial score (nSPS) is 15.8. The van der Waals surface area contributed by atoms with Crippen LogP contribution in [0.3, 0.4) is 0 Å². The quantitative estimate of drug-likeness (QED) is 0.667. The van der Waals surface area contributed by atoms with Gasteiger partial charge in [-0.05, 0) is 75.1 Å². The molecule has 0 bridgehead atoms. The molecule has 0 fully saturated rings. The molecule has 0 amide bonds. The second-order valence-electron chi connectivity index (χ2n) is 6.79. The molecular formula is C21H22N4. The Kier molecular flexibility index (Phi) is 3.93. The van der Waals surface area contributed by atoms with Crippen molar-refractivity contribution in [1.82, 2.24) is 0 Å². The Morgan fingerprint density at radius 3 is 2.32 bits per heavy atom. The summed E-state index contributed by atoms with van der Waals surface area (Å²) in [6.07, 6.45) is 0.0725. The fourth-order valence-corrected chi connectivity index (χ4v) is 3.64. The molecule has 1 aliphatic heterocycles. The Morgan fingerprint density at radius 2 is 1.72 bits per heavy atom. The molecule has 2 aromatic carbocycles. The summed E-state index contributed by atoms with van der Waals surface area (Å²) in [5.41, 5.74) is 9.13. The van der Waals surface area contributed by atoms with E-state index in [9.17, 15) is 5.26 Å². The van der Waals surface area contributed by atoms with Gasteiger partial charge in [0.1, 0.15) is 12.2 Å². The molecule has 1 aliphatic rings. The van der Waals surface area contributed by atoms with Crippen molar-refractivity contribution in [3.8, 4) is 6.07 Å². The lowest BCUT2D eigenvalue weighted by Crippen LogP contribution is -2.36. The Morgan fingerprint density at radius 1 is 1.04 bits per heavy atom. The lowest BCUT2D eigenvalue weighted by atomic mass is 9.97. The summed E-state index contributed by atoms with van der Waals surface area (Å²) in [4.78, 5) is 7.93. The number of anilines is 3. The highest BCUT2D eigenvalue weighted by molar-refractivity contribution is 5.90. The summed E-state index contributed by atoms with van der Waals surface area (Å²) in [6, 6.07) is 8.05. The Balaban J connectivity index is 2.33. The van der Waals surface area contributed by atoms with Crippen LogP contribution in [0.5, 0.6) is 0 Å². The molecule has 0 aromatic heterocycles. The highest BCUT2D eigenvalue weighted by Crippen LogP contribution is 2.48. The number of hydrogen-bond acceptors (Lipinski definition) is 3. The number of hydrogen-bond donors (Lipinski definition) is 0. The maximum absolute atomic E-state index is 9.56. The number of benzene rings is 2. The highest BCUT2D eigenvalue weighted by atomic mass is 15.4. The summed E-state index contributed by atoms with van der Waals surface area (Å²) in [6.45, 7) is 18.1. The van der Waals surface area contributed by atoms with Crippen LogP contribution in [0.4, 0.5) is 22.7 Å². The minimum Gasteiger partial charge on any atom is -0.352 e. The second kappa shape index (κ2) is 5.83. The zero-order valence-electron chi connectivity index (χ0n) is 15.6. The molecule has 25 heavy (non-hydrogen) atoms. The van der Waals surface area contributed by atoms with Gasteiger partial charge in [0.05, 0.1) is 23.5 Å². The molecule has 0 unspecified atom stereocenters. The molecule has 3 rings (SSSR count). The van der Waals surface area contributed by atoms with Gasteiger partial charge in [-0.25, -0.2) is 4.85 Å². The largest absolute Gasteiger partial charge is 0.352 e. The van der Waals surface area contributed by atoms with E-state index in [0.29, 0.717) is 11.3 Å². The molecule has 4 nitrogen and oxygen atoms in total. The molecule has 0 spiro atoms. The van der Waals surface area contributed by atoms with Gasteiger partial charge in [0.2, 0.25) is 0 Å². The number of aryl methyl sites for hydroxylation is 1. The van der Waals surface area contributed by atoms with Gasteiger partial charge >= 0.3 is 0 Å². The molecule has 126 valence electrons. The fourth-order valence-electron chi connectivity index (χ4n) is 3.64. The summed E-state index contributed by atoms with van der Waals surface area (Å²) in [7, 11) is 2.01. The maximum Gasteiger partial charge on any atom is 0.190 e. The average molecular weight is 330 g/mol.